The smallest absolute Gasteiger partial charge is 0.259 e. The van der Waals surface area contributed by atoms with Crippen molar-refractivity contribution in [2.75, 3.05) is 17.2 Å². The van der Waals surface area contributed by atoms with Crippen LogP contribution in [0, 0.1) is 6.92 Å². The van der Waals surface area contributed by atoms with E-state index in [1.165, 1.54) is 0 Å². The Balaban J connectivity index is 2.38. The zero-order chi connectivity index (χ0) is 14.7. The van der Waals surface area contributed by atoms with E-state index in [4.69, 9.17) is 5.73 Å². The van der Waals surface area contributed by atoms with Crippen LogP contribution in [0.4, 0.5) is 11.4 Å². The molecular weight excluding hydrogens is 316 g/mol. The first-order chi connectivity index (χ1) is 9.52. The minimum atomic E-state index is -0.0205. The normalized spacial score (nSPS) is 10.3. The molecule has 104 valence electrons. The summed E-state index contributed by atoms with van der Waals surface area (Å²) in [6, 6.07) is 13.1. The van der Waals surface area contributed by atoms with Gasteiger partial charge in [0.05, 0.1) is 5.56 Å². The number of carbonyl (C=O) groups is 1. The van der Waals surface area contributed by atoms with Crippen molar-refractivity contribution in [1.29, 1.82) is 0 Å². The Morgan fingerprint density at radius 3 is 2.45 bits per heavy atom. The van der Waals surface area contributed by atoms with Crippen LogP contribution in [0.1, 0.15) is 22.8 Å². The minimum absolute atomic E-state index is 0.0205. The number of benzene rings is 2. The molecule has 0 heterocycles. The Kier molecular flexibility index (Phi) is 4.45. The fourth-order valence-electron chi connectivity index (χ4n) is 2.05. The molecule has 0 saturated heterocycles. The summed E-state index contributed by atoms with van der Waals surface area (Å²) in [4.78, 5) is 14.4. The van der Waals surface area contributed by atoms with Crippen LogP contribution in [0.5, 0.6) is 0 Å². The summed E-state index contributed by atoms with van der Waals surface area (Å²) in [6.45, 7) is 4.53. The Hall–Kier alpha value is -1.81. The van der Waals surface area contributed by atoms with Gasteiger partial charge in [-0.3, -0.25) is 4.79 Å². The summed E-state index contributed by atoms with van der Waals surface area (Å²) < 4.78 is 0.807. The van der Waals surface area contributed by atoms with Crippen molar-refractivity contribution in [1.82, 2.24) is 0 Å². The molecule has 1 amide bonds. The number of nitrogens with zero attached hydrogens (tertiary/aromatic N) is 1. The lowest BCUT2D eigenvalue weighted by molar-refractivity contribution is 0.0987. The van der Waals surface area contributed by atoms with Gasteiger partial charge in [0.2, 0.25) is 0 Å². The third kappa shape index (κ3) is 3.02. The summed E-state index contributed by atoms with van der Waals surface area (Å²) >= 11 is 3.45. The van der Waals surface area contributed by atoms with Crippen molar-refractivity contribution >= 4 is 33.2 Å². The van der Waals surface area contributed by atoms with Crippen LogP contribution in [-0.2, 0) is 0 Å². The van der Waals surface area contributed by atoms with Crippen molar-refractivity contribution in [3.63, 3.8) is 0 Å². The number of aryl methyl sites for hydroxylation is 1. The average Bonchev–Trinajstić information content (AvgIpc) is 2.44. The number of rotatable bonds is 3. The van der Waals surface area contributed by atoms with E-state index in [-0.39, 0.29) is 5.91 Å². The van der Waals surface area contributed by atoms with Crippen LogP contribution in [0.25, 0.3) is 0 Å². The number of nitrogen functional groups attached to an aromatic ring is 1. The summed E-state index contributed by atoms with van der Waals surface area (Å²) in [5.41, 5.74) is 8.95. The fraction of sp³-hybridized carbons (Fsp3) is 0.188. The number of hydrogen-bond acceptors (Lipinski definition) is 2. The van der Waals surface area contributed by atoms with E-state index in [0.29, 0.717) is 17.8 Å². The molecule has 0 aromatic heterocycles. The number of halogens is 1. The van der Waals surface area contributed by atoms with Crippen molar-refractivity contribution in [2.24, 2.45) is 0 Å². The number of anilines is 2. The highest BCUT2D eigenvalue weighted by atomic mass is 79.9. The van der Waals surface area contributed by atoms with Gasteiger partial charge in [0.15, 0.2) is 0 Å². The Bertz CT molecular complexity index is 623. The van der Waals surface area contributed by atoms with Gasteiger partial charge in [-0.2, -0.15) is 0 Å². The first kappa shape index (κ1) is 14.6. The molecule has 0 aliphatic rings. The number of nitrogens with two attached hydrogens (primary N) is 1. The first-order valence-corrected chi connectivity index (χ1v) is 7.25. The molecule has 4 heteroatoms. The molecule has 0 aliphatic heterocycles. The maximum atomic E-state index is 12.7. The number of carbonyl (C=O) groups excluding carboxylic acids is 1. The maximum Gasteiger partial charge on any atom is 0.259 e. The molecule has 20 heavy (non-hydrogen) atoms. The van der Waals surface area contributed by atoms with Crippen LogP contribution < -0.4 is 10.6 Å². The fourth-order valence-corrected chi connectivity index (χ4v) is 2.46. The summed E-state index contributed by atoms with van der Waals surface area (Å²) in [6.07, 6.45) is 0. The van der Waals surface area contributed by atoms with Crippen LogP contribution >= 0.6 is 15.9 Å². The predicted molar refractivity (Wildman–Crippen MR) is 87.1 cm³/mol. The highest BCUT2D eigenvalue weighted by Crippen LogP contribution is 2.24. The van der Waals surface area contributed by atoms with Crippen LogP contribution in [0.2, 0.25) is 0 Å². The van der Waals surface area contributed by atoms with Crippen LogP contribution in [-0.4, -0.2) is 12.5 Å². The van der Waals surface area contributed by atoms with Gasteiger partial charge in [0.1, 0.15) is 0 Å². The van der Waals surface area contributed by atoms with Crippen molar-refractivity contribution in [2.45, 2.75) is 13.8 Å². The van der Waals surface area contributed by atoms with Crippen LogP contribution in [0.15, 0.2) is 46.9 Å². The molecule has 3 nitrogen and oxygen atoms in total. The number of hydrogen-bond donors (Lipinski definition) is 1. The Labute approximate surface area is 127 Å². The summed E-state index contributed by atoms with van der Waals surface area (Å²) in [7, 11) is 0. The van der Waals surface area contributed by atoms with E-state index in [0.717, 1.165) is 15.7 Å². The molecular formula is C16H17BrN2O. The average molecular weight is 333 g/mol. The van der Waals surface area contributed by atoms with E-state index in [1.807, 2.05) is 44.2 Å². The molecule has 0 saturated carbocycles. The molecule has 0 fully saturated rings. The molecule has 2 N–H and O–H groups in total. The second-order valence-corrected chi connectivity index (χ2v) is 5.48. The van der Waals surface area contributed by atoms with E-state index in [9.17, 15) is 4.79 Å². The van der Waals surface area contributed by atoms with E-state index in [1.54, 1.807) is 17.0 Å². The lowest BCUT2D eigenvalue weighted by atomic mass is 10.1. The second kappa shape index (κ2) is 6.09. The molecule has 2 aromatic carbocycles. The molecule has 2 aromatic rings. The zero-order valence-electron chi connectivity index (χ0n) is 11.6. The molecule has 0 bridgehead atoms. The molecule has 0 unspecified atom stereocenters. The van der Waals surface area contributed by atoms with Gasteiger partial charge in [-0.1, -0.05) is 11.6 Å². The lowest BCUT2D eigenvalue weighted by Crippen LogP contribution is -2.30. The van der Waals surface area contributed by atoms with Gasteiger partial charge in [-0.05, 0) is 66.2 Å². The summed E-state index contributed by atoms with van der Waals surface area (Å²) in [5.74, 6) is -0.0205. The summed E-state index contributed by atoms with van der Waals surface area (Å²) in [5, 5.41) is 0. The van der Waals surface area contributed by atoms with Crippen molar-refractivity contribution < 1.29 is 4.79 Å². The third-order valence-corrected chi connectivity index (χ3v) is 3.81. The third-order valence-electron chi connectivity index (χ3n) is 3.12. The van der Waals surface area contributed by atoms with E-state index < -0.39 is 0 Å². The largest absolute Gasteiger partial charge is 0.399 e. The lowest BCUT2D eigenvalue weighted by Gasteiger charge is -2.22. The van der Waals surface area contributed by atoms with Crippen molar-refractivity contribution in [3.8, 4) is 0 Å². The van der Waals surface area contributed by atoms with E-state index >= 15 is 0 Å². The van der Waals surface area contributed by atoms with Crippen LogP contribution in [0.3, 0.4) is 0 Å². The van der Waals surface area contributed by atoms with Gasteiger partial charge >= 0.3 is 0 Å². The standard InChI is InChI=1S/C16H17BrN2O/c1-3-19(13-7-5-12(18)6-8-13)16(20)14-10-11(2)4-9-15(14)17/h4-10H,3,18H2,1-2H3. The molecule has 0 radical (unpaired) electrons. The first-order valence-electron chi connectivity index (χ1n) is 6.46. The van der Waals surface area contributed by atoms with Gasteiger partial charge < -0.3 is 10.6 Å². The van der Waals surface area contributed by atoms with E-state index in [2.05, 4.69) is 15.9 Å². The van der Waals surface area contributed by atoms with Gasteiger partial charge in [0, 0.05) is 22.4 Å². The van der Waals surface area contributed by atoms with Gasteiger partial charge in [-0.25, -0.2) is 0 Å². The number of amides is 1. The molecule has 0 aliphatic carbocycles. The second-order valence-electron chi connectivity index (χ2n) is 4.62. The SMILES string of the molecule is CCN(C(=O)c1cc(C)ccc1Br)c1ccc(N)cc1. The van der Waals surface area contributed by atoms with Gasteiger partial charge in [0.25, 0.3) is 5.91 Å². The van der Waals surface area contributed by atoms with Gasteiger partial charge in [-0.15, -0.1) is 0 Å². The van der Waals surface area contributed by atoms with Crippen molar-refractivity contribution in [3.05, 3.63) is 58.1 Å². The molecule has 2 rings (SSSR count). The monoisotopic (exact) mass is 332 g/mol. The quantitative estimate of drug-likeness (QED) is 0.863. The maximum absolute atomic E-state index is 12.7. The Morgan fingerprint density at radius 2 is 1.85 bits per heavy atom. The highest BCUT2D eigenvalue weighted by Gasteiger charge is 2.18. The Morgan fingerprint density at radius 1 is 1.20 bits per heavy atom. The highest BCUT2D eigenvalue weighted by molar-refractivity contribution is 9.10. The zero-order valence-corrected chi connectivity index (χ0v) is 13.1. The topological polar surface area (TPSA) is 46.3 Å². The molecule has 0 atom stereocenters. The predicted octanol–water partition coefficient (Wildman–Crippen LogP) is 4.01. The molecule has 0 spiro atoms. The minimum Gasteiger partial charge on any atom is -0.399 e.